The quantitative estimate of drug-likeness (QED) is 0.789. The number of nitrogens with zero attached hydrogens (tertiary/aromatic N) is 1. The van der Waals surface area contributed by atoms with Crippen molar-refractivity contribution in [1.82, 2.24) is 4.31 Å². The highest BCUT2D eigenvalue weighted by atomic mass is 32.2. The first kappa shape index (κ1) is 15.2. The predicted molar refractivity (Wildman–Crippen MR) is 78.6 cm³/mol. The van der Waals surface area contributed by atoms with Crippen LogP contribution in [0.15, 0.2) is 33.2 Å². The monoisotopic (exact) mass is 331 g/mol. The molecule has 8 heteroatoms. The molecule has 2 rings (SSSR count). The molecule has 0 radical (unpaired) electrons. The second-order valence-electron chi connectivity index (χ2n) is 4.00. The summed E-state index contributed by atoms with van der Waals surface area (Å²) in [5.74, 6) is -0.637. The molecule has 0 bridgehead atoms. The maximum atomic E-state index is 12.5. The molecule has 20 heavy (non-hydrogen) atoms. The number of carbonyl (C=O) groups excluding carboxylic acids is 1. The van der Waals surface area contributed by atoms with Crippen molar-refractivity contribution < 1.29 is 17.9 Å². The average Bonchev–Trinajstić information content (AvgIpc) is 3.08. The highest BCUT2D eigenvalue weighted by Gasteiger charge is 2.28. The van der Waals surface area contributed by atoms with Gasteiger partial charge in [0, 0.05) is 13.6 Å². The minimum absolute atomic E-state index is 0.00733. The van der Waals surface area contributed by atoms with Gasteiger partial charge in [0.2, 0.25) is 10.0 Å². The molecule has 2 aromatic rings. The second kappa shape index (κ2) is 6.04. The SMILES string of the molecule is COC(=O)c1sccc1S(=O)(=O)N(C)Cc1ccsc1. The summed E-state index contributed by atoms with van der Waals surface area (Å²) in [5, 5.41) is 5.35. The van der Waals surface area contributed by atoms with Crippen molar-refractivity contribution in [1.29, 1.82) is 0 Å². The summed E-state index contributed by atoms with van der Waals surface area (Å²) in [7, 11) is -0.988. The smallest absolute Gasteiger partial charge is 0.349 e. The lowest BCUT2D eigenvalue weighted by Gasteiger charge is -2.16. The Kier molecular flexibility index (Phi) is 4.59. The highest BCUT2D eigenvalue weighted by Crippen LogP contribution is 2.26. The molecule has 0 saturated carbocycles. The van der Waals surface area contributed by atoms with E-state index in [4.69, 9.17) is 0 Å². The number of methoxy groups -OCH3 is 1. The van der Waals surface area contributed by atoms with Crippen LogP contribution in [0, 0.1) is 0 Å². The molecule has 0 atom stereocenters. The molecule has 0 aliphatic heterocycles. The van der Waals surface area contributed by atoms with Gasteiger partial charge in [-0.25, -0.2) is 13.2 Å². The summed E-state index contributed by atoms with van der Waals surface area (Å²) >= 11 is 2.56. The number of esters is 1. The Bertz CT molecular complexity index is 688. The molecule has 0 aromatic carbocycles. The molecule has 0 spiro atoms. The molecule has 0 saturated heterocycles. The Morgan fingerprint density at radius 3 is 2.70 bits per heavy atom. The molecule has 0 unspecified atom stereocenters. The zero-order valence-corrected chi connectivity index (χ0v) is 13.3. The van der Waals surface area contributed by atoms with Crippen LogP contribution in [0.25, 0.3) is 0 Å². The Hall–Kier alpha value is -1.22. The highest BCUT2D eigenvalue weighted by molar-refractivity contribution is 7.89. The number of sulfonamides is 1. The molecular formula is C12H13NO4S3. The van der Waals surface area contributed by atoms with Gasteiger partial charge in [0.1, 0.15) is 9.77 Å². The molecule has 108 valence electrons. The van der Waals surface area contributed by atoms with E-state index in [1.807, 2.05) is 16.8 Å². The van der Waals surface area contributed by atoms with Crippen molar-refractivity contribution in [2.24, 2.45) is 0 Å². The summed E-state index contributed by atoms with van der Waals surface area (Å²) in [5.41, 5.74) is 0.913. The fourth-order valence-corrected chi connectivity index (χ4v) is 4.76. The Labute approximate surface area is 125 Å². The maximum Gasteiger partial charge on any atom is 0.349 e. The largest absolute Gasteiger partial charge is 0.465 e. The van der Waals surface area contributed by atoms with E-state index in [1.165, 1.54) is 35.9 Å². The van der Waals surface area contributed by atoms with Crippen molar-refractivity contribution in [3.05, 3.63) is 38.7 Å². The van der Waals surface area contributed by atoms with E-state index in [-0.39, 0.29) is 16.3 Å². The Morgan fingerprint density at radius 1 is 1.35 bits per heavy atom. The van der Waals surface area contributed by atoms with Crippen LogP contribution in [0.4, 0.5) is 0 Å². The van der Waals surface area contributed by atoms with Gasteiger partial charge < -0.3 is 4.74 Å². The topological polar surface area (TPSA) is 63.7 Å². The zero-order chi connectivity index (χ0) is 14.8. The molecule has 2 heterocycles. The first-order valence-electron chi connectivity index (χ1n) is 5.60. The summed E-state index contributed by atoms with van der Waals surface area (Å²) in [6, 6.07) is 3.29. The van der Waals surface area contributed by atoms with Crippen LogP contribution in [0.5, 0.6) is 0 Å². The van der Waals surface area contributed by atoms with Crippen LogP contribution < -0.4 is 0 Å². The van der Waals surface area contributed by atoms with Gasteiger partial charge in [-0.3, -0.25) is 0 Å². The number of rotatable bonds is 5. The zero-order valence-electron chi connectivity index (χ0n) is 10.9. The minimum Gasteiger partial charge on any atom is -0.465 e. The van der Waals surface area contributed by atoms with Gasteiger partial charge in [-0.15, -0.1) is 11.3 Å². The second-order valence-corrected chi connectivity index (χ2v) is 7.71. The molecule has 0 aliphatic carbocycles. The first-order chi connectivity index (χ1) is 9.46. The van der Waals surface area contributed by atoms with Crippen LogP contribution in [0.3, 0.4) is 0 Å². The van der Waals surface area contributed by atoms with Crippen LogP contribution in [-0.2, 0) is 21.3 Å². The normalized spacial score (nSPS) is 11.8. The molecule has 5 nitrogen and oxygen atoms in total. The fourth-order valence-electron chi connectivity index (χ4n) is 1.63. The Morgan fingerprint density at radius 2 is 2.10 bits per heavy atom. The third-order valence-corrected chi connectivity index (χ3v) is 6.27. The van der Waals surface area contributed by atoms with Gasteiger partial charge in [0.05, 0.1) is 7.11 Å². The summed E-state index contributed by atoms with van der Waals surface area (Å²) in [4.78, 5) is 11.7. The lowest BCUT2D eigenvalue weighted by molar-refractivity contribution is 0.0602. The van der Waals surface area contributed by atoms with Gasteiger partial charge in [0.25, 0.3) is 0 Å². The lowest BCUT2D eigenvalue weighted by Crippen LogP contribution is -2.27. The fraction of sp³-hybridized carbons (Fsp3) is 0.250. The van der Waals surface area contributed by atoms with E-state index in [1.54, 1.807) is 5.38 Å². The van der Waals surface area contributed by atoms with E-state index >= 15 is 0 Å². The molecule has 0 N–H and O–H groups in total. The van der Waals surface area contributed by atoms with Crippen LogP contribution in [0.2, 0.25) is 0 Å². The van der Waals surface area contributed by atoms with E-state index in [9.17, 15) is 13.2 Å². The molecule has 0 fully saturated rings. The number of ether oxygens (including phenoxy) is 1. The third-order valence-electron chi connectivity index (χ3n) is 2.67. The lowest BCUT2D eigenvalue weighted by atomic mass is 10.3. The van der Waals surface area contributed by atoms with E-state index < -0.39 is 16.0 Å². The minimum atomic E-state index is -3.71. The van der Waals surface area contributed by atoms with Crippen molar-refractivity contribution >= 4 is 38.7 Å². The van der Waals surface area contributed by atoms with Crippen LogP contribution >= 0.6 is 22.7 Å². The van der Waals surface area contributed by atoms with E-state index in [0.29, 0.717) is 0 Å². The van der Waals surface area contributed by atoms with E-state index in [0.717, 1.165) is 16.9 Å². The van der Waals surface area contributed by atoms with Crippen molar-refractivity contribution in [3.8, 4) is 0 Å². The first-order valence-corrected chi connectivity index (χ1v) is 8.86. The predicted octanol–water partition coefficient (Wildman–Crippen LogP) is 2.42. The van der Waals surface area contributed by atoms with Gasteiger partial charge in [-0.1, -0.05) is 0 Å². The van der Waals surface area contributed by atoms with Gasteiger partial charge in [-0.2, -0.15) is 15.6 Å². The Balaban J connectivity index is 2.30. The van der Waals surface area contributed by atoms with Crippen molar-refractivity contribution in [2.45, 2.75) is 11.4 Å². The molecule has 0 amide bonds. The standard InChI is InChI=1S/C12H13NO4S3/c1-13(7-9-3-5-18-8-9)20(15,16)10-4-6-19-11(10)12(14)17-2/h3-6,8H,7H2,1-2H3. The molecular weight excluding hydrogens is 318 g/mol. The summed E-state index contributed by atoms with van der Waals surface area (Å²) < 4.78 is 30.8. The third kappa shape index (κ3) is 2.93. The number of hydrogen-bond acceptors (Lipinski definition) is 6. The molecule has 0 aliphatic rings. The van der Waals surface area contributed by atoms with Gasteiger partial charge >= 0.3 is 5.97 Å². The van der Waals surface area contributed by atoms with Crippen molar-refractivity contribution in [2.75, 3.05) is 14.2 Å². The summed E-state index contributed by atoms with van der Waals surface area (Å²) in [6.45, 7) is 0.266. The molecule has 2 aromatic heterocycles. The number of carbonyl (C=O) groups is 1. The van der Waals surface area contributed by atoms with Gasteiger partial charge in [-0.05, 0) is 33.8 Å². The van der Waals surface area contributed by atoms with Crippen molar-refractivity contribution in [3.63, 3.8) is 0 Å². The number of thiophene rings is 2. The average molecular weight is 331 g/mol. The summed E-state index contributed by atoms with van der Waals surface area (Å²) in [6.07, 6.45) is 0. The van der Waals surface area contributed by atoms with Crippen LogP contribution in [-0.4, -0.2) is 32.8 Å². The number of hydrogen-bond donors (Lipinski definition) is 0. The van der Waals surface area contributed by atoms with Crippen LogP contribution in [0.1, 0.15) is 15.2 Å². The van der Waals surface area contributed by atoms with Gasteiger partial charge in [0.15, 0.2) is 0 Å². The maximum absolute atomic E-state index is 12.5. The van der Waals surface area contributed by atoms with E-state index in [2.05, 4.69) is 4.74 Å².